The molecule has 0 aliphatic carbocycles. The van der Waals surface area contributed by atoms with Crippen LogP contribution in [0.15, 0.2) is 22.7 Å². The van der Waals surface area contributed by atoms with Gasteiger partial charge in [-0.05, 0) is 31.0 Å². The average molecular weight is 344 g/mol. The first kappa shape index (κ1) is 14.4. The summed E-state index contributed by atoms with van der Waals surface area (Å²) >= 11 is 3.38. The van der Waals surface area contributed by atoms with Crippen LogP contribution in [0.3, 0.4) is 0 Å². The first-order valence-electron chi connectivity index (χ1n) is 7.06. The number of nitrogens with one attached hydrogen (secondary N) is 1. The fourth-order valence-corrected chi connectivity index (χ4v) is 3.41. The maximum atomic E-state index is 13.7. The molecule has 0 amide bonds. The number of ether oxygens (including phenoxy) is 2. The molecule has 0 radical (unpaired) electrons. The summed E-state index contributed by atoms with van der Waals surface area (Å²) in [7, 11) is 0. The summed E-state index contributed by atoms with van der Waals surface area (Å²) in [4.78, 5) is 0. The molecule has 110 valence electrons. The van der Waals surface area contributed by atoms with Gasteiger partial charge in [0.1, 0.15) is 5.82 Å². The second-order valence-electron chi connectivity index (χ2n) is 5.64. The standard InChI is InChI=1S/C15H19BrFNO2/c16-12-1-2-14(17)11(7-12)9-18-13-3-5-20-15(8-13)4-6-19-10-15/h1-2,7,13,18H,3-6,8-10H2. The monoisotopic (exact) mass is 343 g/mol. The van der Waals surface area contributed by atoms with Gasteiger partial charge in [0.25, 0.3) is 0 Å². The van der Waals surface area contributed by atoms with Crippen molar-refractivity contribution in [2.24, 2.45) is 0 Å². The van der Waals surface area contributed by atoms with E-state index in [2.05, 4.69) is 21.2 Å². The van der Waals surface area contributed by atoms with E-state index < -0.39 is 0 Å². The van der Waals surface area contributed by atoms with E-state index in [9.17, 15) is 4.39 Å². The summed E-state index contributed by atoms with van der Waals surface area (Å²) in [6, 6.07) is 5.41. The molecule has 0 aromatic heterocycles. The maximum Gasteiger partial charge on any atom is 0.127 e. The van der Waals surface area contributed by atoms with Crippen LogP contribution in [-0.2, 0) is 16.0 Å². The third-order valence-corrected chi connectivity index (χ3v) is 4.64. The fraction of sp³-hybridized carbons (Fsp3) is 0.600. The van der Waals surface area contributed by atoms with Crippen molar-refractivity contribution in [3.8, 4) is 0 Å². The molecule has 3 rings (SSSR count). The lowest BCUT2D eigenvalue weighted by Crippen LogP contribution is -2.47. The highest BCUT2D eigenvalue weighted by atomic mass is 79.9. The lowest BCUT2D eigenvalue weighted by atomic mass is 9.89. The van der Waals surface area contributed by atoms with Gasteiger partial charge < -0.3 is 14.8 Å². The van der Waals surface area contributed by atoms with Gasteiger partial charge in [-0.15, -0.1) is 0 Å². The number of hydrogen-bond acceptors (Lipinski definition) is 3. The summed E-state index contributed by atoms with van der Waals surface area (Å²) in [5, 5.41) is 3.46. The van der Waals surface area contributed by atoms with Crippen LogP contribution in [0.5, 0.6) is 0 Å². The van der Waals surface area contributed by atoms with Crippen molar-refractivity contribution < 1.29 is 13.9 Å². The fourth-order valence-electron chi connectivity index (χ4n) is 3.00. The second-order valence-corrected chi connectivity index (χ2v) is 6.56. The van der Waals surface area contributed by atoms with E-state index in [1.807, 2.05) is 6.07 Å². The SMILES string of the molecule is Fc1ccc(Br)cc1CNC1CCOC2(CCOC2)C1. The van der Waals surface area contributed by atoms with Gasteiger partial charge in [0.2, 0.25) is 0 Å². The van der Waals surface area contributed by atoms with E-state index in [1.54, 1.807) is 6.07 Å². The molecule has 3 nitrogen and oxygen atoms in total. The Hall–Kier alpha value is -0.490. The van der Waals surface area contributed by atoms with Crippen LogP contribution in [0.2, 0.25) is 0 Å². The molecule has 0 saturated carbocycles. The smallest absolute Gasteiger partial charge is 0.127 e. The molecule has 2 atom stereocenters. The van der Waals surface area contributed by atoms with Crippen molar-refractivity contribution in [1.82, 2.24) is 5.32 Å². The molecule has 1 aromatic carbocycles. The molecule has 2 aliphatic heterocycles. The van der Waals surface area contributed by atoms with E-state index >= 15 is 0 Å². The quantitative estimate of drug-likeness (QED) is 0.914. The molecule has 0 bridgehead atoms. The molecule has 1 spiro atoms. The van der Waals surface area contributed by atoms with E-state index in [0.29, 0.717) is 24.8 Å². The number of hydrogen-bond donors (Lipinski definition) is 1. The summed E-state index contributed by atoms with van der Waals surface area (Å²) in [5.41, 5.74) is 0.591. The first-order valence-corrected chi connectivity index (χ1v) is 7.85. The molecule has 20 heavy (non-hydrogen) atoms. The van der Waals surface area contributed by atoms with Gasteiger partial charge >= 0.3 is 0 Å². The Labute approximate surface area is 127 Å². The van der Waals surface area contributed by atoms with Crippen LogP contribution in [-0.4, -0.2) is 31.5 Å². The minimum atomic E-state index is -0.160. The largest absolute Gasteiger partial charge is 0.378 e. The molecule has 2 heterocycles. The summed E-state index contributed by atoms with van der Waals surface area (Å²) in [5.74, 6) is -0.160. The minimum absolute atomic E-state index is 0.105. The van der Waals surface area contributed by atoms with Gasteiger partial charge in [-0.3, -0.25) is 0 Å². The van der Waals surface area contributed by atoms with Crippen LogP contribution in [0, 0.1) is 5.82 Å². The molecule has 2 unspecified atom stereocenters. The Morgan fingerprint density at radius 2 is 2.30 bits per heavy atom. The third-order valence-electron chi connectivity index (χ3n) is 4.15. The Morgan fingerprint density at radius 3 is 3.10 bits per heavy atom. The van der Waals surface area contributed by atoms with Gasteiger partial charge in [-0.2, -0.15) is 0 Å². The first-order chi connectivity index (χ1) is 9.67. The van der Waals surface area contributed by atoms with E-state index in [-0.39, 0.29) is 11.4 Å². The van der Waals surface area contributed by atoms with Crippen molar-refractivity contribution >= 4 is 15.9 Å². The molecule has 2 aliphatic rings. The van der Waals surface area contributed by atoms with E-state index in [1.165, 1.54) is 6.07 Å². The Balaban J connectivity index is 1.59. The number of benzene rings is 1. The van der Waals surface area contributed by atoms with Gasteiger partial charge in [-0.25, -0.2) is 4.39 Å². The van der Waals surface area contributed by atoms with Crippen molar-refractivity contribution in [3.05, 3.63) is 34.1 Å². The zero-order valence-corrected chi connectivity index (χ0v) is 12.9. The van der Waals surface area contributed by atoms with Gasteiger partial charge in [0.15, 0.2) is 0 Å². The molecule has 5 heteroatoms. The predicted molar refractivity (Wildman–Crippen MR) is 78.1 cm³/mol. The molecule has 2 saturated heterocycles. The van der Waals surface area contributed by atoms with Crippen molar-refractivity contribution in [1.29, 1.82) is 0 Å². The minimum Gasteiger partial charge on any atom is -0.378 e. The second kappa shape index (κ2) is 6.10. The Morgan fingerprint density at radius 1 is 1.40 bits per heavy atom. The summed E-state index contributed by atoms with van der Waals surface area (Å²) < 4.78 is 26.0. The number of rotatable bonds is 3. The van der Waals surface area contributed by atoms with Crippen molar-refractivity contribution in [2.75, 3.05) is 19.8 Å². The highest BCUT2D eigenvalue weighted by Crippen LogP contribution is 2.33. The van der Waals surface area contributed by atoms with Crippen LogP contribution in [0.1, 0.15) is 24.8 Å². The highest BCUT2D eigenvalue weighted by Gasteiger charge is 2.40. The predicted octanol–water partition coefficient (Wildman–Crippen LogP) is 3.02. The van der Waals surface area contributed by atoms with Crippen LogP contribution < -0.4 is 5.32 Å². The summed E-state index contributed by atoms with van der Waals surface area (Å²) in [6.07, 6.45) is 2.89. The molecule has 1 N–H and O–H groups in total. The zero-order chi connectivity index (χ0) is 14.0. The van der Waals surface area contributed by atoms with Gasteiger partial charge in [0.05, 0.1) is 12.2 Å². The lowest BCUT2D eigenvalue weighted by Gasteiger charge is -2.37. The van der Waals surface area contributed by atoms with Crippen LogP contribution in [0.4, 0.5) is 4.39 Å². The molecular weight excluding hydrogens is 325 g/mol. The highest BCUT2D eigenvalue weighted by molar-refractivity contribution is 9.10. The molecule has 1 aromatic rings. The van der Waals surface area contributed by atoms with Crippen LogP contribution >= 0.6 is 15.9 Å². The summed E-state index contributed by atoms with van der Waals surface area (Å²) in [6.45, 7) is 2.78. The average Bonchev–Trinajstić information content (AvgIpc) is 2.88. The zero-order valence-electron chi connectivity index (χ0n) is 11.3. The molecule has 2 fully saturated rings. The van der Waals surface area contributed by atoms with Gasteiger partial charge in [-0.1, -0.05) is 15.9 Å². The van der Waals surface area contributed by atoms with Crippen LogP contribution in [0.25, 0.3) is 0 Å². The van der Waals surface area contributed by atoms with Gasteiger partial charge in [0, 0.05) is 42.3 Å². The van der Waals surface area contributed by atoms with E-state index in [4.69, 9.17) is 9.47 Å². The lowest BCUT2D eigenvalue weighted by molar-refractivity contribution is -0.0894. The van der Waals surface area contributed by atoms with Crippen molar-refractivity contribution in [3.63, 3.8) is 0 Å². The number of halogens is 2. The topological polar surface area (TPSA) is 30.5 Å². The Bertz CT molecular complexity index is 477. The van der Waals surface area contributed by atoms with Crippen molar-refractivity contribution in [2.45, 2.75) is 37.5 Å². The molecular formula is C15H19BrFNO2. The van der Waals surface area contributed by atoms with E-state index in [0.717, 1.165) is 36.9 Å². The Kier molecular flexibility index (Phi) is 4.40. The normalized spacial score (nSPS) is 30.0. The maximum absolute atomic E-state index is 13.7. The third kappa shape index (κ3) is 3.22.